The maximum absolute atomic E-state index is 6.18. The highest BCUT2D eigenvalue weighted by Crippen LogP contribution is 2.34. The van der Waals surface area contributed by atoms with Crippen LogP contribution >= 0.6 is 0 Å². The highest BCUT2D eigenvalue weighted by molar-refractivity contribution is 5.37. The summed E-state index contributed by atoms with van der Waals surface area (Å²) in [5, 5.41) is 0. The Balaban J connectivity index is 1.96. The number of nitrogens with zero attached hydrogens (tertiary/aromatic N) is 2. The van der Waals surface area contributed by atoms with Crippen molar-refractivity contribution in [3.8, 4) is 0 Å². The summed E-state index contributed by atoms with van der Waals surface area (Å²) in [6, 6.07) is 21.2. The number of methoxy groups -OCH3 is 1. The first kappa shape index (κ1) is 16.2. The van der Waals surface area contributed by atoms with Gasteiger partial charge < -0.3 is 9.64 Å². The molecule has 122 valence electrons. The maximum atomic E-state index is 6.18. The molecule has 0 N–H and O–H groups in total. The molecule has 1 heterocycles. The lowest BCUT2D eigenvalue weighted by molar-refractivity contribution is -0.0178. The van der Waals surface area contributed by atoms with E-state index in [1.165, 1.54) is 11.1 Å². The minimum atomic E-state index is -0.418. The average Bonchev–Trinajstić information content (AvgIpc) is 2.63. The van der Waals surface area contributed by atoms with Gasteiger partial charge >= 0.3 is 0 Å². The molecular formula is C20H26N2O. The fraction of sp³-hybridized carbons (Fsp3) is 0.400. The van der Waals surface area contributed by atoms with Gasteiger partial charge in [-0.2, -0.15) is 0 Å². The molecule has 0 aliphatic carbocycles. The standard InChI is InChI=1S/C20H26N2O/c1-21-13-15-22(16-14-21)17-20(23-2,18-9-5-3-6-10-18)19-11-7-4-8-12-19/h3-12H,13-17H2,1-2H3. The molecule has 3 heteroatoms. The number of likely N-dealkylation sites (N-methyl/N-ethyl adjacent to an activating group) is 1. The molecule has 3 rings (SSSR count). The van der Waals surface area contributed by atoms with Gasteiger partial charge in [0.25, 0.3) is 0 Å². The van der Waals surface area contributed by atoms with E-state index in [9.17, 15) is 0 Å². The molecule has 23 heavy (non-hydrogen) atoms. The Morgan fingerprint density at radius 2 is 1.30 bits per heavy atom. The minimum Gasteiger partial charge on any atom is -0.367 e. The Kier molecular flexibility index (Phi) is 5.11. The summed E-state index contributed by atoms with van der Waals surface area (Å²) >= 11 is 0. The molecule has 0 radical (unpaired) electrons. The first-order valence-corrected chi connectivity index (χ1v) is 8.32. The van der Waals surface area contributed by atoms with Crippen molar-refractivity contribution in [3.05, 3.63) is 71.8 Å². The predicted molar refractivity (Wildman–Crippen MR) is 94.6 cm³/mol. The average molecular weight is 310 g/mol. The Hall–Kier alpha value is -1.68. The van der Waals surface area contributed by atoms with Crippen LogP contribution in [0.3, 0.4) is 0 Å². The Bertz CT molecular complexity index is 552. The van der Waals surface area contributed by atoms with Crippen molar-refractivity contribution in [2.24, 2.45) is 0 Å². The zero-order valence-corrected chi connectivity index (χ0v) is 14.1. The number of benzene rings is 2. The summed E-state index contributed by atoms with van der Waals surface area (Å²) in [6.07, 6.45) is 0. The molecule has 2 aromatic rings. The van der Waals surface area contributed by atoms with E-state index in [2.05, 4.69) is 77.5 Å². The van der Waals surface area contributed by atoms with Crippen LogP contribution in [-0.4, -0.2) is 56.7 Å². The van der Waals surface area contributed by atoms with Gasteiger partial charge in [0.1, 0.15) is 5.60 Å². The third-order valence-corrected chi connectivity index (χ3v) is 4.87. The summed E-state index contributed by atoms with van der Waals surface area (Å²) in [4.78, 5) is 4.90. The van der Waals surface area contributed by atoms with Crippen molar-refractivity contribution >= 4 is 0 Å². The molecule has 0 spiro atoms. The van der Waals surface area contributed by atoms with Gasteiger partial charge in [0.15, 0.2) is 0 Å². The van der Waals surface area contributed by atoms with Gasteiger partial charge in [0.05, 0.1) is 0 Å². The van der Waals surface area contributed by atoms with Crippen LogP contribution in [-0.2, 0) is 10.3 Å². The van der Waals surface area contributed by atoms with E-state index in [0.717, 1.165) is 32.7 Å². The van der Waals surface area contributed by atoms with Gasteiger partial charge in [-0.25, -0.2) is 0 Å². The van der Waals surface area contributed by atoms with E-state index < -0.39 is 5.60 Å². The molecule has 1 aliphatic rings. The van der Waals surface area contributed by atoms with Crippen molar-refractivity contribution in [2.75, 3.05) is 46.9 Å². The van der Waals surface area contributed by atoms with Crippen LogP contribution in [0.5, 0.6) is 0 Å². The monoisotopic (exact) mass is 310 g/mol. The summed E-state index contributed by atoms with van der Waals surface area (Å²) in [5.74, 6) is 0. The topological polar surface area (TPSA) is 15.7 Å². The number of piperazine rings is 1. The fourth-order valence-electron chi connectivity index (χ4n) is 3.39. The van der Waals surface area contributed by atoms with E-state index in [0.29, 0.717) is 0 Å². The van der Waals surface area contributed by atoms with Crippen molar-refractivity contribution < 1.29 is 4.74 Å². The van der Waals surface area contributed by atoms with Gasteiger partial charge in [0, 0.05) is 39.8 Å². The van der Waals surface area contributed by atoms with Crippen LogP contribution in [0.25, 0.3) is 0 Å². The van der Waals surface area contributed by atoms with E-state index >= 15 is 0 Å². The second-order valence-electron chi connectivity index (χ2n) is 6.34. The lowest BCUT2D eigenvalue weighted by atomic mass is 9.85. The first-order valence-electron chi connectivity index (χ1n) is 8.32. The molecular weight excluding hydrogens is 284 g/mol. The first-order chi connectivity index (χ1) is 11.2. The highest BCUT2D eigenvalue weighted by Gasteiger charge is 2.36. The minimum absolute atomic E-state index is 0.418. The third-order valence-electron chi connectivity index (χ3n) is 4.87. The van der Waals surface area contributed by atoms with Gasteiger partial charge in [-0.15, -0.1) is 0 Å². The smallest absolute Gasteiger partial charge is 0.130 e. The third kappa shape index (κ3) is 3.47. The lowest BCUT2D eigenvalue weighted by Gasteiger charge is -2.41. The molecule has 0 unspecified atom stereocenters. The molecule has 1 fully saturated rings. The van der Waals surface area contributed by atoms with Crippen LogP contribution in [0, 0.1) is 0 Å². The largest absolute Gasteiger partial charge is 0.367 e. The zero-order chi connectivity index (χ0) is 16.1. The Morgan fingerprint density at radius 1 is 0.826 bits per heavy atom. The molecule has 1 saturated heterocycles. The normalized spacial score (nSPS) is 17.3. The van der Waals surface area contributed by atoms with Crippen molar-refractivity contribution in [1.29, 1.82) is 0 Å². The number of hydrogen-bond donors (Lipinski definition) is 0. The SMILES string of the molecule is COC(CN1CCN(C)CC1)(c1ccccc1)c1ccccc1. The van der Waals surface area contributed by atoms with E-state index in [4.69, 9.17) is 4.74 Å². The molecule has 0 aromatic heterocycles. The van der Waals surface area contributed by atoms with Crippen LogP contribution in [0.15, 0.2) is 60.7 Å². The molecule has 2 aromatic carbocycles. The molecule has 0 bridgehead atoms. The van der Waals surface area contributed by atoms with E-state index in [-0.39, 0.29) is 0 Å². The van der Waals surface area contributed by atoms with Gasteiger partial charge in [-0.3, -0.25) is 4.90 Å². The summed E-state index contributed by atoms with van der Waals surface area (Å²) < 4.78 is 6.18. The number of ether oxygens (including phenoxy) is 1. The van der Waals surface area contributed by atoms with Gasteiger partial charge in [-0.1, -0.05) is 60.7 Å². The van der Waals surface area contributed by atoms with Crippen molar-refractivity contribution in [3.63, 3.8) is 0 Å². The van der Waals surface area contributed by atoms with Crippen LogP contribution < -0.4 is 0 Å². The maximum Gasteiger partial charge on any atom is 0.130 e. The second kappa shape index (κ2) is 7.26. The highest BCUT2D eigenvalue weighted by atomic mass is 16.5. The second-order valence-corrected chi connectivity index (χ2v) is 6.34. The predicted octanol–water partition coefficient (Wildman–Crippen LogP) is 2.82. The molecule has 1 aliphatic heterocycles. The van der Waals surface area contributed by atoms with Crippen LogP contribution in [0.4, 0.5) is 0 Å². The molecule has 0 saturated carbocycles. The van der Waals surface area contributed by atoms with Crippen LogP contribution in [0.1, 0.15) is 11.1 Å². The van der Waals surface area contributed by atoms with Crippen LogP contribution in [0.2, 0.25) is 0 Å². The zero-order valence-electron chi connectivity index (χ0n) is 14.1. The fourth-order valence-corrected chi connectivity index (χ4v) is 3.39. The van der Waals surface area contributed by atoms with E-state index in [1.54, 1.807) is 0 Å². The quantitative estimate of drug-likeness (QED) is 0.844. The summed E-state index contributed by atoms with van der Waals surface area (Å²) in [6.45, 7) is 5.28. The number of rotatable bonds is 5. The van der Waals surface area contributed by atoms with Crippen molar-refractivity contribution in [1.82, 2.24) is 9.80 Å². The van der Waals surface area contributed by atoms with Gasteiger partial charge in [-0.05, 0) is 18.2 Å². The van der Waals surface area contributed by atoms with E-state index in [1.807, 2.05) is 7.11 Å². The summed E-state index contributed by atoms with van der Waals surface area (Å²) in [5.41, 5.74) is 2.01. The molecule has 0 atom stereocenters. The lowest BCUT2D eigenvalue weighted by Crippen LogP contribution is -2.51. The Morgan fingerprint density at radius 3 is 1.74 bits per heavy atom. The van der Waals surface area contributed by atoms with Gasteiger partial charge in [0.2, 0.25) is 0 Å². The number of hydrogen-bond acceptors (Lipinski definition) is 3. The molecule has 0 amide bonds. The van der Waals surface area contributed by atoms with Crippen molar-refractivity contribution in [2.45, 2.75) is 5.60 Å². The Labute approximate surface area is 139 Å². The molecule has 3 nitrogen and oxygen atoms in total. The summed E-state index contributed by atoms with van der Waals surface area (Å²) in [7, 11) is 4.02.